The zero-order chi connectivity index (χ0) is 30.7. The van der Waals surface area contributed by atoms with Gasteiger partial charge < -0.3 is 31.1 Å². The number of aliphatic carboxylic acids is 2. The molecular weight excluding hydrogens is 508 g/mol. The summed E-state index contributed by atoms with van der Waals surface area (Å²) in [5.41, 5.74) is 0. The number of carboxylic acids is 2. The number of hydrogen-bond donors (Lipinski definition) is 6. The van der Waals surface area contributed by atoms with Gasteiger partial charge in [-0.25, -0.2) is 9.59 Å². The monoisotopic (exact) mass is 577 g/mol. The first-order chi connectivity index (χ1) is 19.2. The molecule has 0 amide bonds. The van der Waals surface area contributed by atoms with E-state index in [1.165, 1.54) is 168 Å². The van der Waals surface area contributed by atoms with Crippen molar-refractivity contribution in [3.63, 3.8) is 0 Å². The maximum absolute atomic E-state index is 9.45. The van der Waals surface area contributed by atoms with Crippen LogP contribution in [0.4, 0.5) is 0 Å². The number of carboxylic acid groups (broad SMARTS) is 2. The number of unbranched alkanes of at least 4 members (excludes halogenated alkanes) is 17. The number of aliphatic hydroxyl groups is 2. The van der Waals surface area contributed by atoms with Crippen LogP contribution in [0.25, 0.3) is 0 Å². The van der Waals surface area contributed by atoms with Crippen LogP contribution in [-0.4, -0.2) is 70.8 Å². The highest BCUT2D eigenvalue weighted by molar-refractivity contribution is 5.71. The number of rotatable bonds is 27. The lowest BCUT2D eigenvalue weighted by Crippen LogP contribution is -2.17. The first-order valence-corrected chi connectivity index (χ1v) is 16.4. The maximum Gasteiger partial charge on any atom is 0.332 e. The number of aliphatic hydroxyl groups excluding tert-OH is 2. The molecule has 0 aliphatic heterocycles. The Bertz CT molecular complexity index is 460. The summed E-state index contributed by atoms with van der Waals surface area (Å²) in [5, 5.41) is 38.8. The molecule has 0 radical (unpaired) electrons. The Morgan fingerprint density at radius 2 is 0.625 bits per heavy atom. The second kappa shape index (κ2) is 37.8. The normalized spacial score (nSPS) is 12.1. The predicted molar refractivity (Wildman–Crippen MR) is 168 cm³/mol. The van der Waals surface area contributed by atoms with Crippen LogP contribution >= 0.6 is 0 Å². The smallest absolute Gasteiger partial charge is 0.332 e. The molecule has 0 aliphatic rings. The van der Waals surface area contributed by atoms with Gasteiger partial charge in [0.05, 0.1) is 0 Å². The molecule has 8 heteroatoms. The Labute approximate surface area is 247 Å². The van der Waals surface area contributed by atoms with E-state index in [-0.39, 0.29) is 0 Å². The lowest BCUT2D eigenvalue weighted by molar-refractivity contribution is -0.146. The van der Waals surface area contributed by atoms with Gasteiger partial charge in [-0.05, 0) is 65.7 Å². The summed E-state index contributed by atoms with van der Waals surface area (Å²) in [7, 11) is 0. The van der Waals surface area contributed by atoms with Gasteiger partial charge in [0.15, 0.2) is 0 Å². The van der Waals surface area contributed by atoms with Crippen LogP contribution in [-0.2, 0) is 9.59 Å². The second-order valence-electron chi connectivity index (χ2n) is 10.9. The standard InChI is InChI=1S/C26H56N2.2C3H6O3/c1-3-5-7-9-11-15-19-23-27-25-21-17-13-14-18-22-26-28-24-20-16-12-10-8-6-4-2;2*1-2(4)3(5)6/h27-28H,3-26H2,1-2H3;2*2,4H,1H3,(H,5,6). The number of hydrogen-bond acceptors (Lipinski definition) is 6. The van der Waals surface area contributed by atoms with E-state index >= 15 is 0 Å². The zero-order valence-corrected chi connectivity index (χ0v) is 26.7. The molecule has 40 heavy (non-hydrogen) atoms. The summed E-state index contributed by atoms with van der Waals surface area (Å²) in [6.07, 6.45) is 25.8. The van der Waals surface area contributed by atoms with Gasteiger partial charge in [-0.2, -0.15) is 0 Å². The summed E-state index contributed by atoms with van der Waals surface area (Å²) in [6.45, 7) is 11.9. The highest BCUT2D eigenvalue weighted by Crippen LogP contribution is 2.08. The van der Waals surface area contributed by atoms with Gasteiger partial charge in [0.2, 0.25) is 0 Å². The van der Waals surface area contributed by atoms with E-state index < -0.39 is 24.1 Å². The molecule has 0 saturated carbocycles. The van der Waals surface area contributed by atoms with Crippen molar-refractivity contribution in [1.29, 1.82) is 0 Å². The minimum Gasteiger partial charge on any atom is -0.479 e. The Kier molecular flexibility index (Phi) is 40.8. The molecule has 0 rings (SSSR count). The summed E-state index contributed by atoms with van der Waals surface area (Å²) >= 11 is 0. The van der Waals surface area contributed by atoms with E-state index in [0.717, 1.165) is 0 Å². The Balaban J connectivity index is -0.000000941. The molecule has 0 aliphatic carbocycles. The molecule has 242 valence electrons. The fourth-order valence-electron chi connectivity index (χ4n) is 3.87. The van der Waals surface area contributed by atoms with Gasteiger partial charge in [0.25, 0.3) is 0 Å². The van der Waals surface area contributed by atoms with Crippen molar-refractivity contribution in [3.05, 3.63) is 0 Å². The van der Waals surface area contributed by atoms with Crippen LogP contribution in [0.5, 0.6) is 0 Å². The molecule has 0 aromatic heterocycles. The van der Waals surface area contributed by atoms with Crippen molar-refractivity contribution in [2.75, 3.05) is 26.2 Å². The molecule has 0 heterocycles. The summed E-state index contributed by atoms with van der Waals surface area (Å²) in [5.74, 6) is -2.37. The predicted octanol–water partition coefficient (Wildman–Crippen LogP) is 6.91. The molecule has 2 unspecified atom stereocenters. The van der Waals surface area contributed by atoms with Crippen LogP contribution in [0, 0.1) is 0 Å². The van der Waals surface area contributed by atoms with E-state index in [1.54, 1.807) is 0 Å². The van der Waals surface area contributed by atoms with Crippen molar-refractivity contribution < 1.29 is 30.0 Å². The summed E-state index contributed by atoms with van der Waals surface area (Å²) in [6, 6.07) is 0. The topological polar surface area (TPSA) is 139 Å². The van der Waals surface area contributed by atoms with Crippen molar-refractivity contribution in [2.45, 2.75) is 168 Å². The van der Waals surface area contributed by atoms with Crippen LogP contribution < -0.4 is 10.6 Å². The fraction of sp³-hybridized carbons (Fsp3) is 0.938. The second-order valence-corrected chi connectivity index (χ2v) is 10.9. The molecule has 0 bridgehead atoms. The van der Waals surface area contributed by atoms with Crippen LogP contribution in [0.3, 0.4) is 0 Å². The van der Waals surface area contributed by atoms with Gasteiger partial charge in [-0.15, -0.1) is 0 Å². The molecule has 2 atom stereocenters. The van der Waals surface area contributed by atoms with E-state index in [4.69, 9.17) is 20.4 Å². The van der Waals surface area contributed by atoms with Gasteiger partial charge in [-0.3, -0.25) is 0 Å². The Hall–Kier alpha value is -1.22. The van der Waals surface area contributed by atoms with E-state index in [1.807, 2.05) is 0 Å². The van der Waals surface area contributed by atoms with Gasteiger partial charge >= 0.3 is 11.9 Å². The van der Waals surface area contributed by atoms with Gasteiger partial charge in [-0.1, -0.05) is 117 Å². The lowest BCUT2D eigenvalue weighted by atomic mass is 10.1. The maximum atomic E-state index is 9.45. The van der Waals surface area contributed by atoms with Crippen LogP contribution in [0.15, 0.2) is 0 Å². The Morgan fingerprint density at radius 1 is 0.450 bits per heavy atom. The van der Waals surface area contributed by atoms with Crippen molar-refractivity contribution in [3.8, 4) is 0 Å². The van der Waals surface area contributed by atoms with Crippen molar-refractivity contribution >= 4 is 11.9 Å². The van der Waals surface area contributed by atoms with Crippen LogP contribution in [0.1, 0.15) is 156 Å². The first-order valence-electron chi connectivity index (χ1n) is 16.4. The third-order valence-corrected chi connectivity index (χ3v) is 6.59. The third kappa shape index (κ3) is 46.6. The molecule has 0 saturated heterocycles. The SMILES string of the molecule is CC(O)C(=O)O.CC(O)C(=O)O.CCCCCCCCCNCCCCCCCCNCCCCCCCCC. The summed E-state index contributed by atoms with van der Waals surface area (Å²) in [4.78, 5) is 18.9. The van der Waals surface area contributed by atoms with Crippen molar-refractivity contribution in [2.24, 2.45) is 0 Å². The largest absolute Gasteiger partial charge is 0.479 e. The molecule has 0 fully saturated rings. The van der Waals surface area contributed by atoms with E-state index in [9.17, 15) is 9.59 Å². The average molecular weight is 577 g/mol. The third-order valence-electron chi connectivity index (χ3n) is 6.59. The fourth-order valence-corrected chi connectivity index (χ4v) is 3.87. The molecule has 0 aromatic carbocycles. The number of nitrogens with one attached hydrogen (secondary N) is 2. The highest BCUT2D eigenvalue weighted by Gasteiger charge is 2.02. The van der Waals surface area contributed by atoms with Gasteiger partial charge in [0.1, 0.15) is 12.2 Å². The van der Waals surface area contributed by atoms with Crippen molar-refractivity contribution in [1.82, 2.24) is 10.6 Å². The lowest BCUT2D eigenvalue weighted by Gasteiger charge is -2.06. The number of carbonyl (C=O) groups is 2. The minimum atomic E-state index is -1.23. The summed E-state index contributed by atoms with van der Waals surface area (Å²) < 4.78 is 0. The first kappa shape index (κ1) is 43.2. The molecule has 8 nitrogen and oxygen atoms in total. The molecule has 0 spiro atoms. The Morgan fingerprint density at radius 3 is 0.800 bits per heavy atom. The zero-order valence-electron chi connectivity index (χ0n) is 26.7. The quantitative estimate of drug-likeness (QED) is 0.0580. The molecular formula is C32H68N2O6. The van der Waals surface area contributed by atoms with E-state index in [2.05, 4.69) is 24.5 Å². The molecule has 0 aromatic rings. The van der Waals surface area contributed by atoms with Gasteiger partial charge in [0, 0.05) is 0 Å². The minimum absolute atomic E-state index is 1.19. The average Bonchev–Trinajstić information content (AvgIpc) is 2.91. The van der Waals surface area contributed by atoms with E-state index in [0.29, 0.717) is 0 Å². The highest BCUT2D eigenvalue weighted by atomic mass is 16.4. The van der Waals surface area contributed by atoms with Crippen LogP contribution in [0.2, 0.25) is 0 Å². The molecule has 6 N–H and O–H groups in total.